The molecule has 16 heavy (non-hydrogen) atoms. The number of rotatable bonds is 2. The van der Waals surface area contributed by atoms with Crippen molar-refractivity contribution in [2.24, 2.45) is 4.99 Å². The fourth-order valence-electron chi connectivity index (χ4n) is 2.22. The Morgan fingerprint density at radius 2 is 2.44 bits per heavy atom. The molecule has 0 unspecified atom stereocenters. The quantitative estimate of drug-likeness (QED) is 0.519. The van der Waals surface area contributed by atoms with Gasteiger partial charge in [-0.25, -0.2) is 4.79 Å². The summed E-state index contributed by atoms with van der Waals surface area (Å²) in [6, 6.07) is 0.231. The van der Waals surface area contributed by atoms with E-state index in [1.165, 1.54) is 11.2 Å². The standard InChI is InChI=1S/C11H17N3O2/c1-3-4-13(8-12-2)11(15)14-6-10-5-9(14)7-16-10/h3-4,8-10H,5-7H2,1-2H3/b4-3-,12-8?/t9-,10-/m0/s1. The Morgan fingerprint density at radius 3 is 2.94 bits per heavy atom. The number of carbonyl (C=O) groups is 1. The average molecular weight is 223 g/mol. The number of aliphatic imine (C=N–C) groups is 1. The second kappa shape index (κ2) is 4.65. The van der Waals surface area contributed by atoms with Crippen LogP contribution in [0.2, 0.25) is 0 Å². The number of allylic oxidation sites excluding steroid dienone is 1. The molecule has 2 fully saturated rings. The molecular weight excluding hydrogens is 206 g/mol. The first kappa shape index (κ1) is 11.1. The van der Waals surface area contributed by atoms with Gasteiger partial charge in [0.25, 0.3) is 0 Å². The minimum atomic E-state index is -0.0144. The van der Waals surface area contributed by atoms with Crippen LogP contribution in [0.1, 0.15) is 13.3 Å². The lowest BCUT2D eigenvalue weighted by atomic mass is 10.2. The van der Waals surface area contributed by atoms with E-state index in [-0.39, 0.29) is 18.2 Å². The first-order valence-electron chi connectivity index (χ1n) is 5.52. The molecule has 2 heterocycles. The Bertz CT molecular complexity index is 315. The Morgan fingerprint density at radius 1 is 1.62 bits per heavy atom. The van der Waals surface area contributed by atoms with Gasteiger partial charge in [-0.05, 0) is 13.3 Å². The predicted molar refractivity (Wildman–Crippen MR) is 61.3 cm³/mol. The van der Waals surface area contributed by atoms with Gasteiger partial charge in [-0.1, -0.05) is 6.08 Å². The van der Waals surface area contributed by atoms with Crippen LogP contribution in [0.5, 0.6) is 0 Å². The van der Waals surface area contributed by atoms with E-state index in [4.69, 9.17) is 4.74 Å². The van der Waals surface area contributed by atoms with Crippen molar-refractivity contribution in [2.75, 3.05) is 20.2 Å². The van der Waals surface area contributed by atoms with Gasteiger partial charge in [0.05, 0.1) is 25.1 Å². The molecule has 2 bridgehead atoms. The number of nitrogens with zero attached hydrogens (tertiary/aromatic N) is 3. The Hall–Kier alpha value is -1.36. The normalized spacial score (nSPS) is 28.5. The van der Waals surface area contributed by atoms with Crippen molar-refractivity contribution in [2.45, 2.75) is 25.5 Å². The zero-order valence-corrected chi connectivity index (χ0v) is 9.67. The molecule has 0 aliphatic carbocycles. The average Bonchev–Trinajstić information content (AvgIpc) is 2.89. The second-order valence-corrected chi connectivity index (χ2v) is 4.04. The summed E-state index contributed by atoms with van der Waals surface area (Å²) in [6.45, 7) is 3.25. The monoisotopic (exact) mass is 223 g/mol. The van der Waals surface area contributed by atoms with Crippen molar-refractivity contribution in [3.63, 3.8) is 0 Å². The van der Waals surface area contributed by atoms with Crippen LogP contribution in [-0.4, -0.2) is 54.5 Å². The van der Waals surface area contributed by atoms with E-state index < -0.39 is 0 Å². The summed E-state index contributed by atoms with van der Waals surface area (Å²) >= 11 is 0. The number of fused-ring (bicyclic) bond motifs is 2. The molecule has 2 amide bonds. The molecule has 2 aliphatic heterocycles. The number of morpholine rings is 1. The molecule has 2 atom stereocenters. The van der Waals surface area contributed by atoms with Crippen molar-refractivity contribution < 1.29 is 9.53 Å². The van der Waals surface area contributed by atoms with Crippen LogP contribution in [0.25, 0.3) is 0 Å². The van der Waals surface area contributed by atoms with Gasteiger partial charge in [-0.15, -0.1) is 0 Å². The summed E-state index contributed by atoms with van der Waals surface area (Å²) in [6.07, 6.45) is 6.29. The number of hydrogen-bond donors (Lipinski definition) is 0. The third-order valence-corrected chi connectivity index (χ3v) is 2.92. The van der Waals surface area contributed by atoms with Crippen LogP contribution < -0.4 is 0 Å². The highest BCUT2D eigenvalue weighted by Gasteiger charge is 2.42. The Balaban J connectivity index is 2.05. The van der Waals surface area contributed by atoms with E-state index in [9.17, 15) is 4.79 Å². The maximum atomic E-state index is 12.2. The molecule has 0 saturated carbocycles. The first-order valence-corrected chi connectivity index (χ1v) is 5.52. The summed E-state index contributed by atoms with van der Waals surface area (Å²) < 4.78 is 5.47. The molecule has 0 aromatic heterocycles. The van der Waals surface area contributed by atoms with Gasteiger partial charge in [-0.3, -0.25) is 9.89 Å². The van der Waals surface area contributed by atoms with E-state index in [2.05, 4.69) is 4.99 Å². The molecule has 0 aromatic rings. The molecule has 2 rings (SSSR count). The van der Waals surface area contributed by atoms with Crippen LogP contribution in [0.3, 0.4) is 0 Å². The van der Waals surface area contributed by atoms with E-state index in [1.54, 1.807) is 13.2 Å². The smallest absolute Gasteiger partial charge is 0.329 e. The van der Waals surface area contributed by atoms with Crippen LogP contribution in [0.4, 0.5) is 4.79 Å². The van der Waals surface area contributed by atoms with Gasteiger partial charge < -0.3 is 9.64 Å². The topological polar surface area (TPSA) is 45.1 Å². The summed E-state index contributed by atoms with van der Waals surface area (Å²) in [4.78, 5) is 19.4. The molecule has 5 nitrogen and oxygen atoms in total. The van der Waals surface area contributed by atoms with E-state index in [1.807, 2.05) is 17.9 Å². The highest BCUT2D eigenvalue weighted by molar-refractivity contribution is 5.88. The molecule has 2 saturated heterocycles. The second-order valence-electron chi connectivity index (χ2n) is 4.04. The third-order valence-electron chi connectivity index (χ3n) is 2.92. The van der Waals surface area contributed by atoms with Crippen LogP contribution >= 0.6 is 0 Å². The molecular formula is C11H17N3O2. The zero-order valence-electron chi connectivity index (χ0n) is 9.67. The fraction of sp³-hybridized carbons (Fsp3) is 0.636. The summed E-state index contributed by atoms with van der Waals surface area (Å²) in [7, 11) is 1.66. The number of likely N-dealkylation sites (tertiary alicyclic amines) is 1. The SMILES string of the molecule is C/C=C\N(C=NC)C(=O)N1C[C@@H]2C[C@H]1CO2. The van der Waals surface area contributed by atoms with Crippen molar-refractivity contribution in [1.82, 2.24) is 9.80 Å². The van der Waals surface area contributed by atoms with Crippen LogP contribution in [0.15, 0.2) is 17.3 Å². The highest BCUT2D eigenvalue weighted by Crippen LogP contribution is 2.28. The zero-order chi connectivity index (χ0) is 11.5. The van der Waals surface area contributed by atoms with Crippen LogP contribution in [0, 0.1) is 0 Å². The lowest BCUT2D eigenvalue weighted by Gasteiger charge is -2.29. The maximum Gasteiger partial charge on any atom is 0.329 e. The number of carbonyl (C=O) groups excluding carboxylic acids is 1. The number of urea groups is 1. The Kier molecular flexibility index (Phi) is 3.24. The van der Waals surface area contributed by atoms with E-state index in [0.717, 1.165) is 6.42 Å². The Labute approximate surface area is 95.4 Å². The molecule has 5 heteroatoms. The molecule has 0 aromatic carbocycles. The summed E-state index contributed by atoms with van der Waals surface area (Å²) in [5, 5.41) is 0. The van der Waals surface area contributed by atoms with Gasteiger partial charge in [0, 0.05) is 19.8 Å². The number of ether oxygens (including phenoxy) is 1. The summed E-state index contributed by atoms with van der Waals surface area (Å²) in [5.41, 5.74) is 0. The third kappa shape index (κ3) is 1.95. The van der Waals surface area contributed by atoms with Gasteiger partial charge >= 0.3 is 6.03 Å². The van der Waals surface area contributed by atoms with Crippen LogP contribution in [-0.2, 0) is 4.74 Å². The number of amides is 2. The minimum Gasteiger partial charge on any atom is -0.374 e. The van der Waals surface area contributed by atoms with Crippen molar-refractivity contribution in [3.05, 3.63) is 12.3 Å². The van der Waals surface area contributed by atoms with E-state index >= 15 is 0 Å². The van der Waals surface area contributed by atoms with Crippen molar-refractivity contribution in [1.29, 1.82) is 0 Å². The largest absolute Gasteiger partial charge is 0.374 e. The lowest BCUT2D eigenvalue weighted by molar-refractivity contribution is 0.0421. The molecule has 0 N–H and O–H groups in total. The summed E-state index contributed by atoms with van der Waals surface area (Å²) in [5.74, 6) is 0. The van der Waals surface area contributed by atoms with Gasteiger partial charge in [-0.2, -0.15) is 0 Å². The minimum absolute atomic E-state index is 0.0144. The highest BCUT2D eigenvalue weighted by atomic mass is 16.5. The fourth-order valence-corrected chi connectivity index (χ4v) is 2.22. The first-order chi connectivity index (χ1) is 7.76. The molecule has 0 spiro atoms. The molecule has 0 radical (unpaired) electrons. The van der Waals surface area contributed by atoms with Gasteiger partial charge in [0.2, 0.25) is 0 Å². The number of hydrogen-bond acceptors (Lipinski definition) is 3. The van der Waals surface area contributed by atoms with Crippen molar-refractivity contribution >= 4 is 12.4 Å². The van der Waals surface area contributed by atoms with Gasteiger partial charge in [0.15, 0.2) is 0 Å². The predicted octanol–water partition coefficient (Wildman–Crippen LogP) is 1.07. The van der Waals surface area contributed by atoms with Crippen molar-refractivity contribution in [3.8, 4) is 0 Å². The van der Waals surface area contributed by atoms with E-state index in [0.29, 0.717) is 13.2 Å². The molecule has 2 aliphatic rings. The maximum absolute atomic E-state index is 12.2. The molecule has 88 valence electrons. The lowest BCUT2D eigenvalue weighted by Crippen LogP contribution is -2.46. The van der Waals surface area contributed by atoms with Gasteiger partial charge in [0.1, 0.15) is 0 Å².